The average molecular weight is 615 g/mol. The van der Waals surface area contributed by atoms with Gasteiger partial charge in [-0.05, 0) is 64.2 Å². The Kier molecular flexibility index (Phi) is 28.7. The van der Waals surface area contributed by atoms with E-state index in [1.807, 2.05) is 21.6 Å². The molecule has 0 aromatic carbocycles. The number of hydrogen-bond donors (Lipinski definition) is 0. The maximum absolute atomic E-state index is 6.22. The lowest BCUT2D eigenvalue weighted by Gasteiger charge is -2.29. The maximum Gasteiger partial charge on any atom is 0.500 e. The first kappa shape index (κ1) is 38.9. The van der Waals surface area contributed by atoms with E-state index in [1.54, 1.807) is 0 Å². The quantitative estimate of drug-likeness (QED) is 0.0435. The molecule has 0 saturated carbocycles. The van der Waals surface area contributed by atoms with Crippen LogP contribution in [-0.4, -0.2) is 68.8 Å². The van der Waals surface area contributed by atoms with Crippen LogP contribution < -0.4 is 0 Å². The molecule has 0 fully saturated rings. The molecule has 0 atom stereocenters. The largest absolute Gasteiger partial charge is 0.500 e. The van der Waals surface area contributed by atoms with Crippen molar-refractivity contribution in [2.24, 2.45) is 0 Å². The van der Waals surface area contributed by atoms with E-state index in [0.29, 0.717) is 0 Å². The summed E-state index contributed by atoms with van der Waals surface area (Å²) in [6.45, 7) is 17.3. The third-order valence-corrected chi connectivity index (χ3v) is 14.0. The second-order valence-electron chi connectivity index (χ2n) is 9.72. The highest BCUT2D eigenvalue weighted by atomic mass is 33.1. The van der Waals surface area contributed by atoms with Gasteiger partial charge in [-0.25, -0.2) is 0 Å². The molecule has 0 rings (SSSR count). The van der Waals surface area contributed by atoms with Crippen LogP contribution in [-0.2, 0) is 26.6 Å². The molecule has 0 aromatic heterocycles. The SMILES string of the molecule is CCCO[Si](CCCCCSSCCCCC[Si](OCCC)(OCCC)OCCC)(OCCC)OCCC. The van der Waals surface area contributed by atoms with Gasteiger partial charge in [-0.15, -0.1) is 0 Å². The molecule has 6 nitrogen and oxygen atoms in total. The summed E-state index contributed by atoms with van der Waals surface area (Å²) in [6.07, 6.45) is 13.2. The number of hydrogen-bond acceptors (Lipinski definition) is 8. The third-order valence-electron chi connectivity index (χ3n) is 5.66. The van der Waals surface area contributed by atoms with Gasteiger partial charge in [0.05, 0.1) is 0 Å². The summed E-state index contributed by atoms with van der Waals surface area (Å²) in [5, 5.41) is 0. The number of unbranched alkanes of at least 4 members (excludes halogenated alkanes) is 4. The van der Waals surface area contributed by atoms with Crippen molar-refractivity contribution in [3.05, 3.63) is 0 Å². The fraction of sp³-hybridized carbons (Fsp3) is 1.00. The minimum atomic E-state index is -2.53. The molecule has 10 heteroatoms. The molecule has 0 radical (unpaired) electrons. The van der Waals surface area contributed by atoms with Crippen LogP contribution in [0.5, 0.6) is 0 Å². The zero-order valence-electron chi connectivity index (χ0n) is 25.8. The van der Waals surface area contributed by atoms with Crippen LogP contribution in [0.25, 0.3) is 0 Å². The van der Waals surface area contributed by atoms with Crippen molar-refractivity contribution in [1.29, 1.82) is 0 Å². The van der Waals surface area contributed by atoms with Crippen molar-refractivity contribution in [1.82, 2.24) is 0 Å². The molecule has 0 aliphatic rings. The van der Waals surface area contributed by atoms with Gasteiger partial charge in [-0.3, -0.25) is 0 Å². The average Bonchev–Trinajstić information content (AvgIpc) is 2.94. The van der Waals surface area contributed by atoms with Gasteiger partial charge < -0.3 is 26.6 Å². The van der Waals surface area contributed by atoms with Crippen LogP contribution in [0.2, 0.25) is 12.1 Å². The molecule has 0 unspecified atom stereocenters. The Morgan fingerprint density at radius 1 is 0.368 bits per heavy atom. The molecule has 0 bridgehead atoms. The van der Waals surface area contributed by atoms with Crippen molar-refractivity contribution in [2.75, 3.05) is 51.1 Å². The molecule has 0 heterocycles. The molecule has 0 saturated heterocycles. The summed E-state index contributed by atoms with van der Waals surface area (Å²) < 4.78 is 37.3. The van der Waals surface area contributed by atoms with Gasteiger partial charge in [0.15, 0.2) is 0 Å². The van der Waals surface area contributed by atoms with Gasteiger partial charge in [-0.1, -0.05) is 76.0 Å². The van der Waals surface area contributed by atoms with Gasteiger partial charge >= 0.3 is 17.6 Å². The zero-order valence-corrected chi connectivity index (χ0v) is 29.5. The van der Waals surface area contributed by atoms with E-state index in [4.69, 9.17) is 26.6 Å². The fourth-order valence-corrected chi connectivity index (χ4v) is 11.8. The Morgan fingerprint density at radius 2 is 0.632 bits per heavy atom. The van der Waals surface area contributed by atoms with Crippen LogP contribution in [0.4, 0.5) is 0 Å². The summed E-state index contributed by atoms with van der Waals surface area (Å²) >= 11 is 0. The Balaban J connectivity index is 4.15. The lowest BCUT2D eigenvalue weighted by molar-refractivity contribution is 0.0580. The molecule has 0 spiro atoms. The first-order valence-electron chi connectivity index (χ1n) is 15.7. The van der Waals surface area contributed by atoms with E-state index >= 15 is 0 Å². The molecule has 0 aliphatic carbocycles. The van der Waals surface area contributed by atoms with Gasteiger partial charge in [-0.2, -0.15) is 0 Å². The summed E-state index contributed by atoms with van der Waals surface area (Å²) in [5.41, 5.74) is 0. The molecule has 230 valence electrons. The predicted molar refractivity (Wildman–Crippen MR) is 171 cm³/mol. The Hall–Kier alpha value is 0.894. The molecule has 0 aliphatic heterocycles. The highest BCUT2D eigenvalue weighted by Crippen LogP contribution is 2.27. The second-order valence-corrected chi connectivity index (χ2v) is 17.9. The maximum atomic E-state index is 6.22. The highest BCUT2D eigenvalue weighted by Gasteiger charge is 2.41. The Bertz CT molecular complexity index is 409. The van der Waals surface area contributed by atoms with Gasteiger partial charge in [0, 0.05) is 63.2 Å². The predicted octanol–water partition coefficient (Wildman–Crippen LogP) is 9.15. The second kappa shape index (κ2) is 28.0. The third kappa shape index (κ3) is 20.7. The van der Waals surface area contributed by atoms with Crippen LogP contribution in [0.15, 0.2) is 0 Å². The van der Waals surface area contributed by atoms with Crippen LogP contribution >= 0.6 is 21.6 Å². The summed E-state index contributed by atoms with van der Waals surface area (Å²) in [6, 6.07) is 1.89. The van der Waals surface area contributed by atoms with Crippen molar-refractivity contribution < 1.29 is 26.6 Å². The van der Waals surface area contributed by atoms with E-state index in [-0.39, 0.29) is 0 Å². The molecule has 0 amide bonds. The minimum absolute atomic E-state index is 0.735. The van der Waals surface area contributed by atoms with Crippen molar-refractivity contribution in [3.63, 3.8) is 0 Å². The van der Waals surface area contributed by atoms with Gasteiger partial charge in [0.1, 0.15) is 0 Å². The van der Waals surface area contributed by atoms with Crippen molar-refractivity contribution in [2.45, 2.75) is 131 Å². The summed E-state index contributed by atoms with van der Waals surface area (Å²) in [4.78, 5) is 0. The number of rotatable bonds is 31. The van der Waals surface area contributed by atoms with E-state index < -0.39 is 17.6 Å². The molecular weight excluding hydrogens is 553 g/mol. The monoisotopic (exact) mass is 614 g/mol. The summed E-state index contributed by atoms with van der Waals surface area (Å²) in [5.74, 6) is 2.41. The lowest BCUT2D eigenvalue weighted by Crippen LogP contribution is -2.46. The van der Waals surface area contributed by atoms with Gasteiger partial charge in [0.25, 0.3) is 0 Å². The minimum Gasteiger partial charge on any atom is -0.373 e. The first-order valence-corrected chi connectivity index (χ1v) is 22.0. The van der Waals surface area contributed by atoms with E-state index in [0.717, 1.165) is 103 Å². The van der Waals surface area contributed by atoms with Crippen molar-refractivity contribution >= 4 is 39.2 Å². The first-order chi connectivity index (χ1) is 18.6. The van der Waals surface area contributed by atoms with Crippen LogP contribution in [0.1, 0.15) is 119 Å². The lowest BCUT2D eigenvalue weighted by atomic mass is 10.3. The topological polar surface area (TPSA) is 55.4 Å². The molecular formula is C28H62O6S2Si2. The van der Waals surface area contributed by atoms with E-state index in [2.05, 4.69) is 41.5 Å². The van der Waals surface area contributed by atoms with Gasteiger partial charge in [0.2, 0.25) is 0 Å². The molecule has 38 heavy (non-hydrogen) atoms. The van der Waals surface area contributed by atoms with E-state index in [9.17, 15) is 0 Å². The standard InChI is InChI=1S/C28H62O6S2Si2/c1-7-19-29-37(30-20-8-2,31-21-9-3)27-17-13-15-25-35-36-26-16-14-18-28-38(32-22-10-4,33-23-11-5)34-24-12-6/h7-28H2,1-6H3. The molecule has 0 aromatic rings. The molecule has 0 N–H and O–H groups in total. The fourth-order valence-electron chi connectivity index (χ4n) is 3.70. The highest BCUT2D eigenvalue weighted by molar-refractivity contribution is 8.76. The summed E-state index contributed by atoms with van der Waals surface area (Å²) in [7, 11) is -1.01. The zero-order chi connectivity index (χ0) is 28.2. The normalized spacial score (nSPS) is 12.5. The van der Waals surface area contributed by atoms with E-state index in [1.165, 1.54) is 37.2 Å². The van der Waals surface area contributed by atoms with Crippen LogP contribution in [0, 0.1) is 0 Å². The smallest absolute Gasteiger partial charge is 0.373 e. The Labute approximate surface area is 246 Å². The van der Waals surface area contributed by atoms with Crippen LogP contribution in [0.3, 0.4) is 0 Å². The Morgan fingerprint density at radius 3 is 0.868 bits per heavy atom. The van der Waals surface area contributed by atoms with Crippen molar-refractivity contribution in [3.8, 4) is 0 Å².